The molecule has 0 radical (unpaired) electrons. The van der Waals surface area contributed by atoms with Crippen molar-refractivity contribution < 1.29 is 4.79 Å². The SMILES string of the molecule is Cc1cccc(CNC(=O)c2cncc(N(Cc3ccccc3)C(C)C)c2)c1. The summed E-state index contributed by atoms with van der Waals surface area (Å²) in [4.78, 5) is 19.2. The van der Waals surface area contributed by atoms with Crippen LogP contribution in [0.2, 0.25) is 0 Å². The zero-order valence-electron chi connectivity index (χ0n) is 16.7. The van der Waals surface area contributed by atoms with Crippen LogP contribution >= 0.6 is 0 Å². The van der Waals surface area contributed by atoms with Gasteiger partial charge in [-0.15, -0.1) is 0 Å². The third kappa shape index (κ3) is 5.19. The first-order chi connectivity index (χ1) is 13.5. The van der Waals surface area contributed by atoms with Crippen LogP contribution in [0.25, 0.3) is 0 Å². The van der Waals surface area contributed by atoms with E-state index in [1.807, 2.05) is 55.6 Å². The Labute approximate surface area is 167 Å². The Kier molecular flexibility index (Phi) is 6.43. The van der Waals surface area contributed by atoms with Gasteiger partial charge in [0.2, 0.25) is 0 Å². The quantitative estimate of drug-likeness (QED) is 0.651. The fraction of sp³-hybridized carbons (Fsp3) is 0.250. The number of pyridine rings is 1. The van der Waals surface area contributed by atoms with Gasteiger partial charge in [0, 0.05) is 25.3 Å². The van der Waals surface area contributed by atoms with Crippen LogP contribution in [0.15, 0.2) is 73.1 Å². The summed E-state index contributed by atoms with van der Waals surface area (Å²) in [6.07, 6.45) is 3.44. The smallest absolute Gasteiger partial charge is 0.253 e. The molecule has 0 atom stereocenters. The van der Waals surface area contributed by atoms with E-state index in [0.717, 1.165) is 17.8 Å². The standard InChI is InChI=1S/C24H27N3O/c1-18(2)27(17-20-9-5-4-6-10-20)23-13-22(15-25-16-23)24(28)26-14-21-11-7-8-19(3)12-21/h4-13,15-16,18H,14,17H2,1-3H3,(H,26,28). The zero-order chi connectivity index (χ0) is 19.9. The van der Waals surface area contributed by atoms with Crippen molar-refractivity contribution in [2.24, 2.45) is 0 Å². The second kappa shape index (κ2) is 9.18. The molecule has 0 unspecified atom stereocenters. The predicted molar refractivity (Wildman–Crippen MR) is 114 cm³/mol. The molecule has 0 saturated carbocycles. The first-order valence-electron chi connectivity index (χ1n) is 9.62. The fourth-order valence-electron chi connectivity index (χ4n) is 3.17. The zero-order valence-corrected chi connectivity index (χ0v) is 16.7. The van der Waals surface area contributed by atoms with Crippen molar-refractivity contribution in [3.05, 3.63) is 95.3 Å². The van der Waals surface area contributed by atoms with Crippen molar-refractivity contribution in [3.8, 4) is 0 Å². The highest BCUT2D eigenvalue weighted by atomic mass is 16.1. The molecule has 0 aliphatic carbocycles. The largest absolute Gasteiger partial charge is 0.364 e. The van der Waals surface area contributed by atoms with Crippen molar-refractivity contribution in [2.45, 2.75) is 39.9 Å². The van der Waals surface area contributed by atoms with Gasteiger partial charge in [-0.2, -0.15) is 0 Å². The Hall–Kier alpha value is -3.14. The third-order valence-electron chi connectivity index (χ3n) is 4.67. The summed E-state index contributed by atoms with van der Waals surface area (Å²) in [6.45, 7) is 7.62. The van der Waals surface area contributed by atoms with Crippen LogP contribution in [0, 0.1) is 6.92 Å². The number of aromatic nitrogens is 1. The summed E-state index contributed by atoms with van der Waals surface area (Å²) >= 11 is 0. The Morgan fingerprint density at radius 1 is 1.00 bits per heavy atom. The summed E-state index contributed by atoms with van der Waals surface area (Å²) in [5.74, 6) is -0.112. The molecule has 1 aromatic heterocycles. The number of nitrogens with one attached hydrogen (secondary N) is 1. The van der Waals surface area contributed by atoms with Crippen molar-refractivity contribution in [1.82, 2.24) is 10.3 Å². The minimum Gasteiger partial charge on any atom is -0.364 e. The monoisotopic (exact) mass is 373 g/mol. The molecule has 1 heterocycles. The predicted octanol–water partition coefficient (Wildman–Crippen LogP) is 4.74. The molecule has 3 aromatic rings. The number of rotatable bonds is 7. The highest BCUT2D eigenvalue weighted by Gasteiger charge is 2.14. The number of benzene rings is 2. The maximum atomic E-state index is 12.6. The fourth-order valence-corrected chi connectivity index (χ4v) is 3.17. The van der Waals surface area contributed by atoms with E-state index in [4.69, 9.17) is 0 Å². The molecule has 4 nitrogen and oxygen atoms in total. The van der Waals surface area contributed by atoms with Crippen LogP contribution in [-0.2, 0) is 13.1 Å². The molecule has 28 heavy (non-hydrogen) atoms. The van der Waals surface area contributed by atoms with Gasteiger partial charge >= 0.3 is 0 Å². The van der Waals surface area contributed by atoms with Crippen LogP contribution in [0.3, 0.4) is 0 Å². The van der Waals surface area contributed by atoms with Crippen molar-refractivity contribution in [1.29, 1.82) is 0 Å². The molecule has 144 valence electrons. The van der Waals surface area contributed by atoms with Gasteiger partial charge in [-0.05, 0) is 38.0 Å². The van der Waals surface area contributed by atoms with Crippen molar-refractivity contribution >= 4 is 11.6 Å². The van der Waals surface area contributed by atoms with Crippen LogP contribution in [0.5, 0.6) is 0 Å². The molecule has 0 bridgehead atoms. The van der Waals surface area contributed by atoms with Crippen LogP contribution < -0.4 is 10.2 Å². The van der Waals surface area contributed by atoms with E-state index >= 15 is 0 Å². The summed E-state index contributed by atoms with van der Waals surface area (Å²) in [5, 5.41) is 2.99. The van der Waals surface area contributed by atoms with Gasteiger partial charge in [-0.1, -0.05) is 60.2 Å². The van der Waals surface area contributed by atoms with E-state index in [9.17, 15) is 4.79 Å². The number of anilines is 1. The van der Waals surface area contributed by atoms with Crippen molar-refractivity contribution in [3.63, 3.8) is 0 Å². The molecule has 3 rings (SSSR count). The first kappa shape index (κ1) is 19.6. The third-order valence-corrected chi connectivity index (χ3v) is 4.67. The van der Waals surface area contributed by atoms with E-state index in [1.165, 1.54) is 11.1 Å². The average Bonchev–Trinajstić information content (AvgIpc) is 2.71. The van der Waals surface area contributed by atoms with Gasteiger partial charge in [0.05, 0.1) is 17.4 Å². The summed E-state index contributed by atoms with van der Waals surface area (Å²) in [5.41, 5.74) is 5.02. The van der Waals surface area contributed by atoms with E-state index in [1.54, 1.807) is 6.20 Å². The second-order valence-electron chi connectivity index (χ2n) is 7.31. The van der Waals surface area contributed by atoms with E-state index in [0.29, 0.717) is 12.1 Å². The molecule has 2 aromatic carbocycles. The number of nitrogens with zero attached hydrogens (tertiary/aromatic N) is 2. The maximum absolute atomic E-state index is 12.6. The van der Waals surface area contributed by atoms with Gasteiger partial charge in [-0.25, -0.2) is 0 Å². The van der Waals surface area contributed by atoms with Crippen LogP contribution in [-0.4, -0.2) is 16.9 Å². The second-order valence-corrected chi connectivity index (χ2v) is 7.31. The summed E-state index contributed by atoms with van der Waals surface area (Å²) < 4.78 is 0. The molecule has 0 spiro atoms. The van der Waals surface area contributed by atoms with Gasteiger partial charge in [0.1, 0.15) is 0 Å². The number of hydrogen-bond donors (Lipinski definition) is 1. The lowest BCUT2D eigenvalue weighted by Gasteiger charge is -2.29. The highest BCUT2D eigenvalue weighted by molar-refractivity contribution is 5.94. The first-order valence-corrected chi connectivity index (χ1v) is 9.62. The molecule has 1 amide bonds. The molecule has 1 N–H and O–H groups in total. The minimum absolute atomic E-state index is 0.112. The molecular weight excluding hydrogens is 346 g/mol. The number of aryl methyl sites for hydroxylation is 1. The molecular formula is C24H27N3O. The molecule has 0 saturated heterocycles. The molecule has 0 aliphatic heterocycles. The van der Waals surface area contributed by atoms with Crippen molar-refractivity contribution in [2.75, 3.05) is 4.90 Å². The average molecular weight is 374 g/mol. The van der Waals surface area contributed by atoms with Gasteiger partial charge in [0.25, 0.3) is 5.91 Å². The lowest BCUT2D eigenvalue weighted by Crippen LogP contribution is -2.31. The Bertz CT molecular complexity index is 922. The van der Waals surface area contributed by atoms with Crippen LogP contribution in [0.4, 0.5) is 5.69 Å². The minimum atomic E-state index is -0.112. The molecule has 0 aliphatic rings. The lowest BCUT2D eigenvalue weighted by molar-refractivity contribution is 0.0950. The number of hydrogen-bond acceptors (Lipinski definition) is 3. The summed E-state index contributed by atoms with van der Waals surface area (Å²) in [6, 6.07) is 20.7. The normalized spacial score (nSPS) is 10.7. The van der Waals surface area contributed by atoms with Crippen LogP contribution in [0.1, 0.15) is 40.9 Å². The Balaban J connectivity index is 1.73. The number of carbonyl (C=O) groups excluding carboxylic acids is 1. The Morgan fingerprint density at radius 3 is 2.46 bits per heavy atom. The van der Waals surface area contributed by atoms with Gasteiger partial charge < -0.3 is 10.2 Å². The summed E-state index contributed by atoms with van der Waals surface area (Å²) in [7, 11) is 0. The van der Waals surface area contributed by atoms with Gasteiger partial charge in [-0.3, -0.25) is 9.78 Å². The number of amides is 1. The van der Waals surface area contributed by atoms with E-state index < -0.39 is 0 Å². The topological polar surface area (TPSA) is 45.2 Å². The lowest BCUT2D eigenvalue weighted by atomic mass is 10.1. The number of carbonyl (C=O) groups is 1. The maximum Gasteiger partial charge on any atom is 0.253 e. The highest BCUT2D eigenvalue weighted by Crippen LogP contribution is 2.20. The van der Waals surface area contributed by atoms with E-state index in [-0.39, 0.29) is 11.9 Å². The molecule has 4 heteroatoms. The van der Waals surface area contributed by atoms with Gasteiger partial charge in [0.15, 0.2) is 0 Å². The Morgan fingerprint density at radius 2 is 1.75 bits per heavy atom. The molecule has 0 fully saturated rings. The van der Waals surface area contributed by atoms with E-state index in [2.05, 4.69) is 47.2 Å².